The average Bonchev–Trinajstić information content (AvgIpc) is 3.61. The number of aliphatic carboxylic acids is 1. The first-order valence-corrected chi connectivity index (χ1v) is 12.7. The van der Waals surface area contributed by atoms with Crippen LogP contribution in [0.25, 0.3) is 0 Å². The molecule has 0 heterocycles. The second kappa shape index (κ2) is 10.4. The van der Waals surface area contributed by atoms with E-state index in [1.54, 1.807) is 6.07 Å². The van der Waals surface area contributed by atoms with Gasteiger partial charge in [0.25, 0.3) is 0 Å². The van der Waals surface area contributed by atoms with Crippen molar-refractivity contribution in [2.24, 2.45) is 23.7 Å². The van der Waals surface area contributed by atoms with Crippen LogP contribution in [0, 0.1) is 29.5 Å². The molecule has 2 unspecified atom stereocenters. The van der Waals surface area contributed by atoms with Gasteiger partial charge in [-0.25, -0.2) is 4.39 Å². The van der Waals surface area contributed by atoms with Crippen molar-refractivity contribution in [3.63, 3.8) is 0 Å². The smallest absolute Gasteiger partial charge is 0.307 e. The number of hydrogen-bond acceptors (Lipinski definition) is 3. The fourth-order valence-electron chi connectivity index (χ4n) is 6.03. The molecule has 5 heteroatoms. The van der Waals surface area contributed by atoms with E-state index in [1.165, 1.54) is 18.1 Å². The second-order valence-corrected chi connectivity index (χ2v) is 10.7. The van der Waals surface area contributed by atoms with Crippen molar-refractivity contribution in [3.05, 3.63) is 41.2 Å². The monoisotopic (exact) mass is 456 g/mol. The highest BCUT2D eigenvalue weighted by molar-refractivity contribution is 6.00. The third kappa shape index (κ3) is 5.85. The summed E-state index contributed by atoms with van der Waals surface area (Å²) in [6, 6.07) is 3.02. The first-order valence-electron chi connectivity index (χ1n) is 12.7. The summed E-state index contributed by atoms with van der Waals surface area (Å²) in [6.45, 7) is 7.00. The van der Waals surface area contributed by atoms with E-state index in [0.29, 0.717) is 43.0 Å². The Morgan fingerprint density at radius 3 is 2.52 bits per heavy atom. The van der Waals surface area contributed by atoms with Crippen molar-refractivity contribution >= 4 is 11.8 Å². The molecule has 1 aromatic rings. The van der Waals surface area contributed by atoms with Gasteiger partial charge in [0.1, 0.15) is 11.6 Å². The summed E-state index contributed by atoms with van der Waals surface area (Å²) < 4.78 is 21.1. The third-order valence-corrected chi connectivity index (χ3v) is 7.77. The van der Waals surface area contributed by atoms with Gasteiger partial charge in [0, 0.05) is 12.0 Å². The van der Waals surface area contributed by atoms with Crippen LogP contribution < -0.4 is 4.74 Å². The first kappa shape index (κ1) is 24.0. The molecule has 1 aromatic carbocycles. The molecular weight excluding hydrogens is 419 g/mol. The number of Topliss-reactive ketones (excluding diaryl/α,β-unsaturated/α-hetero) is 1. The van der Waals surface area contributed by atoms with E-state index < -0.39 is 23.6 Å². The molecule has 0 aliphatic heterocycles. The maximum Gasteiger partial charge on any atom is 0.307 e. The van der Waals surface area contributed by atoms with Crippen molar-refractivity contribution in [2.75, 3.05) is 6.61 Å². The number of carbonyl (C=O) groups excluding carboxylic acids is 1. The standard InChI is InChI=1S/C28H37FO4/c1-17-12-18(2)14-19(13-17)6-5-11-33-26-16-25(29)24(15-23(26)20-9-10-20)27(30)21-7-3-4-8-22(21)28(31)32/h15-16,18-22H,1,3-14H2,2H3,(H,31,32)/t18?,19?,21-,22-/m1/s1. The van der Waals surface area contributed by atoms with Gasteiger partial charge < -0.3 is 9.84 Å². The number of ether oxygens (including phenoxy) is 1. The van der Waals surface area contributed by atoms with Crippen LogP contribution in [0.15, 0.2) is 24.3 Å². The van der Waals surface area contributed by atoms with E-state index >= 15 is 4.39 Å². The lowest BCUT2D eigenvalue weighted by molar-refractivity contribution is -0.144. The van der Waals surface area contributed by atoms with Gasteiger partial charge in [-0.15, -0.1) is 0 Å². The molecule has 4 nitrogen and oxygen atoms in total. The molecular formula is C28H37FO4. The maximum atomic E-state index is 15.1. The summed E-state index contributed by atoms with van der Waals surface area (Å²) in [5.74, 6) is -1.06. The van der Waals surface area contributed by atoms with E-state index in [9.17, 15) is 14.7 Å². The number of carboxylic acids is 1. The van der Waals surface area contributed by atoms with Gasteiger partial charge in [0.05, 0.1) is 18.1 Å². The highest BCUT2D eigenvalue weighted by Crippen LogP contribution is 2.46. The zero-order valence-corrected chi connectivity index (χ0v) is 19.8. The Balaban J connectivity index is 1.42. The number of allylic oxidation sites excluding steroid dienone is 1. The number of ketones is 1. The Labute approximate surface area is 196 Å². The number of carbonyl (C=O) groups is 2. The van der Waals surface area contributed by atoms with Gasteiger partial charge in [-0.2, -0.15) is 0 Å². The molecule has 0 amide bonds. The molecule has 0 aromatic heterocycles. The molecule has 3 aliphatic rings. The summed E-state index contributed by atoms with van der Waals surface area (Å²) in [4.78, 5) is 24.8. The fraction of sp³-hybridized carbons (Fsp3) is 0.643. The lowest BCUT2D eigenvalue weighted by atomic mass is 9.75. The lowest BCUT2D eigenvalue weighted by Crippen LogP contribution is -2.33. The lowest BCUT2D eigenvalue weighted by Gasteiger charge is -2.28. The molecule has 0 saturated heterocycles. The normalized spacial score (nSPS) is 27.9. The number of rotatable bonds is 9. The molecule has 3 aliphatic carbocycles. The number of carboxylic acid groups (broad SMARTS) is 1. The van der Waals surface area contributed by atoms with Crippen molar-refractivity contribution in [1.82, 2.24) is 0 Å². The Morgan fingerprint density at radius 2 is 1.85 bits per heavy atom. The Kier molecular flexibility index (Phi) is 7.55. The van der Waals surface area contributed by atoms with E-state index in [-0.39, 0.29) is 11.3 Å². The van der Waals surface area contributed by atoms with Crippen molar-refractivity contribution in [2.45, 2.75) is 83.5 Å². The average molecular weight is 457 g/mol. The van der Waals surface area contributed by atoms with Gasteiger partial charge >= 0.3 is 5.97 Å². The molecule has 1 N–H and O–H groups in total. The summed E-state index contributed by atoms with van der Waals surface area (Å²) in [5.41, 5.74) is 2.29. The zero-order chi connectivity index (χ0) is 23.5. The molecule has 33 heavy (non-hydrogen) atoms. The predicted octanol–water partition coefficient (Wildman–Crippen LogP) is 6.93. The SMILES string of the molecule is C=C1CC(C)CC(CCCOc2cc(F)c(C(=O)[C@@H]3CCCC[C@H]3C(=O)O)cc2C2CC2)C1. The molecule has 180 valence electrons. The molecule has 4 rings (SSSR count). The molecule has 4 atom stereocenters. The number of hydrogen-bond donors (Lipinski definition) is 1. The van der Waals surface area contributed by atoms with Gasteiger partial charge in [0.15, 0.2) is 5.78 Å². The van der Waals surface area contributed by atoms with Crippen molar-refractivity contribution < 1.29 is 23.8 Å². The largest absolute Gasteiger partial charge is 0.493 e. The van der Waals surface area contributed by atoms with E-state index in [2.05, 4.69) is 13.5 Å². The number of benzene rings is 1. The van der Waals surface area contributed by atoms with Crippen LogP contribution in [0.1, 0.15) is 99.4 Å². The van der Waals surface area contributed by atoms with Crippen molar-refractivity contribution in [3.8, 4) is 5.75 Å². The molecule has 0 spiro atoms. The van der Waals surface area contributed by atoms with E-state index in [1.807, 2.05) is 0 Å². The Hall–Kier alpha value is -2.17. The second-order valence-electron chi connectivity index (χ2n) is 10.7. The summed E-state index contributed by atoms with van der Waals surface area (Å²) in [7, 11) is 0. The first-order chi connectivity index (χ1) is 15.8. The summed E-state index contributed by atoms with van der Waals surface area (Å²) in [6.07, 6.45) is 10.1. The topological polar surface area (TPSA) is 63.6 Å². The van der Waals surface area contributed by atoms with Gasteiger partial charge in [0.2, 0.25) is 0 Å². The summed E-state index contributed by atoms with van der Waals surface area (Å²) in [5, 5.41) is 9.54. The van der Waals surface area contributed by atoms with Crippen LogP contribution in [0.2, 0.25) is 0 Å². The summed E-state index contributed by atoms with van der Waals surface area (Å²) >= 11 is 0. The molecule has 3 fully saturated rings. The van der Waals surface area contributed by atoms with Crippen LogP contribution in [0.4, 0.5) is 4.39 Å². The fourth-order valence-corrected chi connectivity index (χ4v) is 6.03. The van der Waals surface area contributed by atoms with Crippen LogP contribution in [0.3, 0.4) is 0 Å². The minimum Gasteiger partial charge on any atom is -0.493 e. The van der Waals surface area contributed by atoms with Crippen LogP contribution in [-0.2, 0) is 4.79 Å². The van der Waals surface area contributed by atoms with Crippen LogP contribution in [-0.4, -0.2) is 23.5 Å². The minimum absolute atomic E-state index is 0.0390. The van der Waals surface area contributed by atoms with Gasteiger partial charge in [-0.05, 0) is 87.2 Å². The van der Waals surface area contributed by atoms with Crippen molar-refractivity contribution in [1.29, 1.82) is 0 Å². The van der Waals surface area contributed by atoms with Gasteiger partial charge in [-0.3, -0.25) is 9.59 Å². The van der Waals surface area contributed by atoms with Crippen LogP contribution >= 0.6 is 0 Å². The minimum atomic E-state index is -0.952. The quantitative estimate of drug-likeness (QED) is 0.249. The maximum absolute atomic E-state index is 15.1. The van der Waals surface area contributed by atoms with Crippen LogP contribution in [0.5, 0.6) is 5.75 Å². The highest BCUT2D eigenvalue weighted by atomic mass is 19.1. The van der Waals surface area contributed by atoms with Gasteiger partial charge in [-0.1, -0.05) is 31.9 Å². The molecule has 3 saturated carbocycles. The Morgan fingerprint density at radius 1 is 1.12 bits per heavy atom. The molecule has 0 radical (unpaired) electrons. The molecule has 0 bridgehead atoms. The van der Waals surface area contributed by atoms with E-state index in [0.717, 1.165) is 56.9 Å². The highest BCUT2D eigenvalue weighted by Gasteiger charge is 2.38. The van der Waals surface area contributed by atoms with E-state index in [4.69, 9.17) is 4.74 Å². The zero-order valence-electron chi connectivity index (χ0n) is 19.8. The number of halogens is 1. The third-order valence-electron chi connectivity index (χ3n) is 7.77. The Bertz CT molecular complexity index is 903. The predicted molar refractivity (Wildman–Crippen MR) is 126 cm³/mol.